The van der Waals surface area contributed by atoms with E-state index in [1.165, 1.54) is 18.4 Å². The lowest BCUT2D eigenvalue weighted by Crippen LogP contribution is -2.51. The van der Waals surface area contributed by atoms with Gasteiger partial charge in [-0.05, 0) is 56.2 Å². The molecule has 0 bridgehead atoms. The van der Waals surface area contributed by atoms with Crippen molar-refractivity contribution < 1.29 is 4.79 Å². The van der Waals surface area contributed by atoms with Crippen LogP contribution < -0.4 is 5.73 Å². The maximum atomic E-state index is 13.1. The Morgan fingerprint density at radius 3 is 2.47 bits per heavy atom. The number of carbonyl (C=O) groups is 1. The first-order valence-corrected chi connectivity index (χ1v) is 10.7. The lowest BCUT2D eigenvalue weighted by atomic mass is 9.68. The van der Waals surface area contributed by atoms with E-state index in [1.54, 1.807) is 0 Å². The van der Waals surface area contributed by atoms with Crippen molar-refractivity contribution in [3.63, 3.8) is 0 Å². The molecule has 5 rings (SSSR count). The van der Waals surface area contributed by atoms with E-state index in [1.807, 2.05) is 23.1 Å². The van der Waals surface area contributed by atoms with Crippen molar-refractivity contribution >= 4 is 42.3 Å². The average molecular weight is 473 g/mol. The highest BCUT2D eigenvalue weighted by molar-refractivity contribution is 6.30. The van der Waals surface area contributed by atoms with Crippen LogP contribution in [0.3, 0.4) is 0 Å². The number of halogens is 3. The van der Waals surface area contributed by atoms with Crippen molar-refractivity contribution in [2.75, 3.05) is 13.1 Å². The van der Waals surface area contributed by atoms with Crippen molar-refractivity contribution in [2.24, 2.45) is 5.73 Å². The summed E-state index contributed by atoms with van der Waals surface area (Å²) in [5, 5.41) is 9.30. The Kier molecular flexibility index (Phi) is 7.02. The zero-order valence-corrected chi connectivity index (χ0v) is 19.2. The Morgan fingerprint density at radius 1 is 1.10 bits per heavy atom. The minimum atomic E-state index is -0.0423. The van der Waals surface area contributed by atoms with Crippen molar-refractivity contribution in [3.8, 4) is 0 Å². The van der Waals surface area contributed by atoms with E-state index in [0.29, 0.717) is 18.3 Å². The van der Waals surface area contributed by atoms with Gasteiger partial charge >= 0.3 is 0 Å². The molecule has 1 aromatic carbocycles. The maximum Gasteiger partial charge on any atom is 0.292 e. The second-order valence-corrected chi connectivity index (χ2v) is 8.97. The molecule has 2 aromatic rings. The molecule has 0 unspecified atom stereocenters. The monoisotopic (exact) mass is 471 g/mol. The number of benzene rings is 1. The molecule has 0 radical (unpaired) electrons. The second kappa shape index (κ2) is 9.03. The van der Waals surface area contributed by atoms with Crippen LogP contribution in [0, 0.1) is 0 Å². The van der Waals surface area contributed by atoms with E-state index < -0.39 is 0 Å². The largest absolute Gasteiger partial charge is 0.331 e. The van der Waals surface area contributed by atoms with E-state index in [-0.39, 0.29) is 42.2 Å². The van der Waals surface area contributed by atoms with Gasteiger partial charge in [0.25, 0.3) is 5.91 Å². The summed E-state index contributed by atoms with van der Waals surface area (Å²) >= 11 is 6.22. The van der Waals surface area contributed by atoms with Crippen LogP contribution in [0.2, 0.25) is 5.02 Å². The molecule has 30 heavy (non-hydrogen) atoms. The van der Waals surface area contributed by atoms with Crippen LogP contribution in [-0.2, 0) is 12.0 Å². The number of carbonyl (C=O) groups excluding carboxylic acids is 1. The average Bonchev–Trinajstić information content (AvgIpc) is 3.47. The molecule has 6 nitrogen and oxygen atoms in total. The summed E-state index contributed by atoms with van der Waals surface area (Å²) in [5.74, 6) is 2.09. The van der Waals surface area contributed by atoms with Crippen LogP contribution in [-0.4, -0.2) is 44.7 Å². The Bertz CT molecular complexity index is 906. The Balaban J connectivity index is 0.00000128. The third-order valence-electron chi connectivity index (χ3n) is 6.92. The second-order valence-electron chi connectivity index (χ2n) is 8.53. The van der Waals surface area contributed by atoms with Gasteiger partial charge in [-0.15, -0.1) is 35.0 Å². The SMILES string of the molecule is Cl.Cl.NC[C@]1(c2cccc(Cl)c2)CC[C@H](N2CCn3c(nnc3C3CC3)C2=O)CC1. The predicted molar refractivity (Wildman–Crippen MR) is 122 cm³/mol. The summed E-state index contributed by atoms with van der Waals surface area (Å²) in [7, 11) is 0. The first-order valence-electron chi connectivity index (χ1n) is 10.3. The summed E-state index contributed by atoms with van der Waals surface area (Å²) in [5.41, 5.74) is 7.41. The van der Waals surface area contributed by atoms with Gasteiger partial charge in [0, 0.05) is 42.0 Å². The third kappa shape index (κ3) is 3.95. The minimum absolute atomic E-state index is 0. The Labute approximate surface area is 194 Å². The molecule has 2 saturated carbocycles. The molecule has 1 aliphatic heterocycles. The van der Waals surface area contributed by atoms with Crippen molar-refractivity contribution in [2.45, 2.75) is 62.4 Å². The maximum absolute atomic E-state index is 13.1. The summed E-state index contributed by atoms with van der Waals surface area (Å²) in [6, 6.07) is 8.33. The van der Waals surface area contributed by atoms with Gasteiger partial charge in [0.2, 0.25) is 5.82 Å². The number of amides is 1. The Hall–Kier alpha value is -1.34. The molecule has 9 heteroatoms. The first kappa shape index (κ1) is 23.3. The van der Waals surface area contributed by atoms with E-state index in [2.05, 4.69) is 20.8 Å². The lowest BCUT2D eigenvalue weighted by molar-refractivity contribution is 0.0521. The molecule has 2 aliphatic carbocycles. The molecule has 0 atom stereocenters. The fraction of sp³-hybridized carbons (Fsp3) is 0.571. The van der Waals surface area contributed by atoms with Gasteiger partial charge < -0.3 is 15.2 Å². The van der Waals surface area contributed by atoms with Crippen molar-refractivity contribution in [1.29, 1.82) is 0 Å². The molecule has 0 saturated heterocycles. The van der Waals surface area contributed by atoms with Crippen LogP contribution in [0.4, 0.5) is 0 Å². The number of nitrogens with zero attached hydrogens (tertiary/aromatic N) is 4. The van der Waals surface area contributed by atoms with Crippen LogP contribution in [0.15, 0.2) is 24.3 Å². The predicted octanol–water partition coefficient (Wildman–Crippen LogP) is 3.95. The standard InChI is InChI=1S/C21H26ClN5O.2ClH/c22-16-3-1-2-15(12-16)21(13-23)8-6-17(7-9-21)26-10-11-27-18(14-4-5-14)24-25-19(27)20(26)28;;/h1-3,12,14,17H,4-11,13,23H2;2*1H/t17-,21-;;. The van der Waals surface area contributed by atoms with E-state index in [9.17, 15) is 4.79 Å². The van der Waals surface area contributed by atoms with Gasteiger partial charge in [-0.2, -0.15) is 0 Å². The first-order chi connectivity index (χ1) is 13.6. The normalized spacial score (nSPS) is 25.9. The van der Waals surface area contributed by atoms with Gasteiger partial charge in [0.15, 0.2) is 0 Å². The fourth-order valence-electron chi connectivity index (χ4n) is 5.02. The van der Waals surface area contributed by atoms with Crippen LogP contribution in [0.5, 0.6) is 0 Å². The molecule has 2 fully saturated rings. The van der Waals surface area contributed by atoms with E-state index in [0.717, 1.165) is 49.6 Å². The number of nitrogens with two attached hydrogens (primary N) is 1. The summed E-state index contributed by atoms with van der Waals surface area (Å²) in [6.45, 7) is 2.17. The quantitative estimate of drug-likeness (QED) is 0.731. The van der Waals surface area contributed by atoms with Crippen molar-refractivity contribution in [3.05, 3.63) is 46.5 Å². The molecule has 2 heterocycles. The van der Waals surface area contributed by atoms with Crippen LogP contribution >= 0.6 is 36.4 Å². The molecule has 3 aliphatic rings. The minimum Gasteiger partial charge on any atom is -0.331 e. The van der Waals surface area contributed by atoms with Crippen LogP contribution in [0.25, 0.3) is 0 Å². The third-order valence-corrected chi connectivity index (χ3v) is 7.15. The van der Waals surface area contributed by atoms with Gasteiger partial charge in [-0.1, -0.05) is 23.7 Å². The Morgan fingerprint density at radius 2 is 1.83 bits per heavy atom. The highest BCUT2D eigenvalue weighted by atomic mass is 35.5. The zero-order valence-electron chi connectivity index (χ0n) is 16.8. The molecule has 2 N–H and O–H groups in total. The molecule has 1 amide bonds. The summed E-state index contributed by atoms with van der Waals surface area (Å²) in [6.07, 6.45) is 6.20. The van der Waals surface area contributed by atoms with Crippen molar-refractivity contribution in [1.82, 2.24) is 19.7 Å². The van der Waals surface area contributed by atoms with Crippen LogP contribution in [0.1, 0.15) is 66.4 Å². The number of aromatic nitrogens is 3. The summed E-state index contributed by atoms with van der Waals surface area (Å²) < 4.78 is 2.05. The molecule has 0 spiro atoms. The number of rotatable bonds is 4. The number of hydrogen-bond donors (Lipinski definition) is 1. The van der Waals surface area contributed by atoms with Gasteiger partial charge in [-0.25, -0.2) is 0 Å². The highest BCUT2D eigenvalue weighted by Crippen LogP contribution is 2.42. The fourth-order valence-corrected chi connectivity index (χ4v) is 5.21. The van der Waals surface area contributed by atoms with Gasteiger partial charge in [0.05, 0.1) is 0 Å². The molecular weight excluding hydrogens is 445 g/mol. The van der Waals surface area contributed by atoms with E-state index >= 15 is 0 Å². The number of fused-ring (bicyclic) bond motifs is 1. The molecule has 164 valence electrons. The molecule has 1 aromatic heterocycles. The zero-order chi connectivity index (χ0) is 19.3. The highest BCUT2D eigenvalue weighted by Gasteiger charge is 2.41. The lowest BCUT2D eigenvalue weighted by Gasteiger charge is -2.44. The van der Waals surface area contributed by atoms with E-state index in [4.69, 9.17) is 17.3 Å². The number of hydrogen-bond acceptors (Lipinski definition) is 4. The van der Waals surface area contributed by atoms with Gasteiger partial charge in [-0.3, -0.25) is 4.79 Å². The summed E-state index contributed by atoms with van der Waals surface area (Å²) in [4.78, 5) is 15.1. The van der Waals surface area contributed by atoms with Gasteiger partial charge in [0.1, 0.15) is 5.82 Å². The molecular formula is C21H28Cl3N5O. The topological polar surface area (TPSA) is 77.0 Å². The smallest absolute Gasteiger partial charge is 0.292 e.